The van der Waals surface area contributed by atoms with E-state index in [-0.39, 0.29) is 0 Å². The van der Waals surface area contributed by atoms with Gasteiger partial charge in [-0.15, -0.1) is 11.3 Å². The van der Waals surface area contributed by atoms with Crippen molar-refractivity contribution in [1.82, 2.24) is 9.88 Å². The van der Waals surface area contributed by atoms with E-state index < -0.39 is 10.0 Å². The van der Waals surface area contributed by atoms with Crippen LogP contribution in [0.3, 0.4) is 0 Å². The molecule has 1 N–H and O–H groups in total. The van der Waals surface area contributed by atoms with Gasteiger partial charge < -0.3 is 4.52 Å². The van der Waals surface area contributed by atoms with E-state index in [2.05, 4.69) is 25.8 Å². The van der Waals surface area contributed by atoms with Crippen molar-refractivity contribution in [1.29, 1.82) is 0 Å². The van der Waals surface area contributed by atoms with Crippen LogP contribution in [0.4, 0.5) is 0 Å². The average Bonchev–Trinajstić information content (AvgIpc) is 2.94. The number of nitrogens with zero attached hydrogens (tertiary/aromatic N) is 1. The van der Waals surface area contributed by atoms with Gasteiger partial charge in [-0.25, -0.2) is 13.1 Å². The summed E-state index contributed by atoms with van der Waals surface area (Å²) >= 11 is 4.44. The standard InChI is InChI=1S/C11H13BrN2O3S2/c1-8-7-9(17-14-8)3-2-6-13-19(15,16)11-5-4-10(12)18-11/h4-5,7,13H,2-3,6H2,1H3. The predicted octanol–water partition coefficient (Wildman–Crippen LogP) is 2.72. The van der Waals surface area contributed by atoms with Crippen molar-refractivity contribution < 1.29 is 12.9 Å². The van der Waals surface area contributed by atoms with Crippen LogP contribution in [0.2, 0.25) is 0 Å². The molecule has 104 valence electrons. The Kier molecular flexibility index (Phi) is 4.77. The van der Waals surface area contributed by atoms with Gasteiger partial charge in [-0.3, -0.25) is 0 Å². The minimum atomic E-state index is -3.40. The van der Waals surface area contributed by atoms with Gasteiger partial charge in [0.15, 0.2) is 0 Å². The van der Waals surface area contributed by atoms with Crippen LogP contribution in [-0.2, 0) is 16.4 Å². The average molecular weight is 365 g/mol. The van der Waals surface area contributed by atoms with Crippen molar-refractivity contribution in [3.05, 3.63) is 33.4 Å². The number of thiophene rings is 1. The molecular weight excluding hydrogens is 352 g/mol. The Bertz CT molecular complexity index is 648. The van der Waals surface area contributed by atoms with Crippen LogP contribution in [0.15, 0.2) is 30.7 Å². The lowest BCUT2D eigenvalue weighted by Gasteiger charge is -2.03. The highest BCUT2D eigenvalue weighted by Gasteiger charge is 2.15. The first-order valence-corrected chi connectivity index (χ1v) is 8.74. The maximum Gasteiger partial charge on any atom is 0.250 e. The zero-order valence-corrected chi connectivity index (χ0v) is 13.4. The molecule has 0 saturated heterocycles. The smallest absolute Gasteiger partial charge is 0.250 e. The zero-order valence-electron chi connectivity index (χ0n) is 10.2. The SMILES string of the molecule is Cc1cc(CCCNS(=O)(=O)c2ccc(Br)s2)on1. The number of aromatic nitrogens is 1. The lowest BCUT2D eigenvalue weighted by molar-refractivity contribution is 0.377. The molecule has 0 aliphatic carbocycles. The van der Waals surface area contributed by atoms with Crippen molar-refractivity contribution in [2.45, 2.75) is 24.0 Å². The quantitative estimate of drug-likeness (QED) is 0.799. The topological polar surface area (TPSA) is 72.2 Å². The first-order chi connectivity index (χ1) is 8.97. The third-order valence-corrected chi connectivity index (χ3v) is 5.96. The Balaban J connectivity index is 1.82. The van der Waals surface area contributed by atoms with E-state index in [1.165, 1.54) is 11.3 Å². The van der Waals surface area contributed by atoms with Crippen molar-refractivity contribution in [2.75, 3.05) is 6.54 Å². The molecule has 2 heterocycles. The molecule has 0 unspecified atom stereocenters. The second-order valence-electron chi connectivity index (χ2n) is 3.99. The van der Waals surface area contributed by atoms with E-state index in [9.17, 15) is 8.42 Å². The van der Waals surface area contributed by atoms with Crippen molar-refractivity contribution in [2.24, 2.45) is 0 Å². The summed E-state index contributed by atoms with van der Waals surface area (Å²) in [6.45, 7) is 2.22. The summed E-state index contributed by atoms with van der Waals surface area (Å²) in [5.41, 5.74) is 0.832. The summed E-state index contributed by atoms with van der Waals surface area (Å²) in [4.78, 5) is 0. The van der Waals surface area contributed by atoms with Crippen LogP contribution in [0.5, 0.6) is 0 Å². The summed E-state index contributed by atoms with van der Waals surface area (Å²) in [5.74, 6) is 0.774. The van der Waals surface area contributed by atoms with E-state index in [0.29, 0.717) is 23.6 Å². The Morgan fingerprint density at radius 1 is 1.47 bits per heavy atom. The van der Waals surface area contributed by atoms with Crippen LogP contribution in [0.25, 0.3) is 0 Å². The molecule has 2 rings (SSSR count). The van der Waals surface area contributed by atoms with Gasteiger partial charge in [0.2, 0.25) is 10.0 Å². The molecule has 2 aromatic rings. The van der Waals surface area contributed by atoms with Crippen LogP contribution in [0.1, 0.15) is 17.9 Å². The predicted molar refractivity (Wildman–Crippen MR) is 76.8 cm³/mol. The minimum absolute atomic E-state index is 0.315. The first-order valence-electron chi connectivity index (χ1n) is 5.64. The third kappa shape index (κ3) is 4.13. The molecule has 0 amide bonds. The molecule has 8 heteroatoms. The normalized spacial score (nSPS) is 11.9. The van der Waals surface area contributed by atoms with Gasteiger partial charge >= 0.3 is 0 Å². The van der Waals surface area contributed by atoms with Gasteiger partial charge in [0.25, 0.3) is 0 Å². The summed E-state index contributed by atoms with van der Waals surface area (Å²) in [5, 5.41) is 3.78. The van der Waals surface area contributed by atoms with E-state index in [1.54, 1.807) is 12.1 Å². The van der Waals surface area contributed by atoms with E-state index >= 15 is 0 Å². The molecule has 0 saturated carbocycles. The zero-order chi connectivity index (χ0) is 13.9. The molecule has 2 aromatic heterocycles. The van der Waals surface area contributed by atoms with Crippen LogP contribution in [0, 0.1) is 6.92 Å². The lowest BCUT2D eigenvalue weighted by atomic mass is 10.2. The molecule has 5 nitrogen and oxygen atoms in total. The van der Waals surface area contributed by atoms with Gasteiger partial charge in [-0.2, -0.15) is 0 Å². The maximum atomic E-state index is 11.9. The van der Waals surface area contributed by atoms with Crippen molar-refractivity contribution in [3.8, 4) is 0 Å². The molecule has 0 aliphatic heterocycles. The molecule has 0 aromatic carbocycles. The van der Waals surface area contributed by atoms with Crippen molar-refractivity contribution >= 4 is 37.3 Å². The van der Waals surface area contributed by atoms with E-state index in [4.69, 9.17) is 4.52 Å². The lowest BCUT2D eigenvalue weighted by Crippen LogP contribution is -2.24. The Labute approximate surface area is 124 Å². The fourth-order valence-corrected chi connectivity index (χ4v) is 4.65. The van der Waals surface area contributed by atoms with Gasteiger partial charge in [0.05, 0.1) is 9.48 Å². The monoisotopic (exact) mass is 364 g/mol. The van der Waals surface area contributed by atoms with Crippen LogP contribution < -0.4 is 4.72 Å². The first kappa shape index (κ1) is 14.7. The summed E-state index contributed by atoms with van der Waals surface area (Å²) < 4.78 is 32.5. The summed E-state index contributed by atoms with van der Waals surface area (Å²) in [6.07, 6.45) is 1.33. The minimum Gasteiger partial charge on any atom is -0.361 e. The number of nitrogens with one attached hydrogen (secondary N) is 1. The summed E-state index contributed by atoms with van der Waals surface area (Å²) in [6, 6.07) is 5.15. The Morgan fingerprint density at radius 2 is 2.26 bits per heavy atom. The Hall–Kier alpha value is -0.700. The highest BCUT2D eigenvalue weighted by molar-refractivity contribution is 9.11. The number of hydrogen-bond acceptors (Lipinski definition) is 5. The largest absolute Gasteiger partial charge is 0.361 e. The van der Waals surface area contributed by atoms with Crippen LogP contribution >= 0.6 is 27.3 Å². The highest BCUT2D eigenvalue weighted by Crippen LogP contribution is 2.25. The molecule has 0 fully saturated rings. The highest BCUT2D eigenvalue weighted by atomic mass is 79.9. The molecule has 0 radical (unpaired) electrons. The maximum absolute atomic E-state index is 11.9. The Morgan fingerprint density at radius 3 is 2.84 bits per heavy atom. The number of halogens is 1. The molecule has 0 spiro atoms. The van der Waals surface area contributed by atoms with Gasteiger partial charge in [-0.1, -0.05) is 5.16 Å². The van der Waals surface area contributed by atoms with Gasteiger partial charge in [0.1, 0.15) is 9.97 Å². The van der Waals surface area contributed by atoms with Gasteiger partial charge in [0, 0.05) is 19.0 Å². The number of aryl methyl sites for hydroxylation is 2. The number of sulfonamides is 1. The fraction of sp³-hybridized carbons (Fsp3) is 0.364. The van der Waals surface area contributed by atoms with Crippen LogP contribution in [-0.4, -0.2) is 20.1 Å². The molecule has 0 aliphatic rings. The third-order valence-electron chi connectivity index (χ3n) is 2.38. The van der Waals surface area contributed by atoms with Gasteiger partial charge in [-0.05, 0) is 41.4 Å². The molecular formula is C11H13BrN2O3S2. The summed E-state index contributed by atoms with van der Waals surface area (Å²) in [7, 11) is -3.40. The second kappa shape index (κ2) is 6.17. The van der Waals surface area contributed by atoms with E-state index in [0.717, 1.165) is 15.2 Å². The number of hydrogen-bond donors (Lipinski definition) is 1. The van der Waals surface area contributed by atoms with Crippen molar-refractivity contribution in [3.63, 3.8) is 0 Å². The second-order valence-corrected chi connectivity index (χ2v) is 8.45. The molecule has 19 heavy (non-hydrogen) atoms. The molecule has 0 bridgehead atoms. The number of rotatable bonds is 6. The van der Waals surface area contributed by atoms with E-state index in [1.807, 2.05) is 13.0 Å². The fourth-order valence-electron chi connectivity index (χ4n) is 1.52. The molecule has 0 atom stereocenters.